The van der Waals surface area contributed by atoms with Crippen LogP contribution in [0.25, 0.3) is 22.6 Å². The molecule has 1 aromatic carbocycles. The Bertz CT molecular complexity index is 1330. The minimum Gasteiger partial charge on any atom is -0.444 e. The molecule has 0 fully saturated rings. The van der Waals surface area contributed by atoms with Gasteiger partial charge in [0.1, 0.15) is 18.7 Å². The van der Waals surface area contributed by atoms with Gasteiger partial charge >= 0.3 is 5.69 Å². The average Bonchev–Trinajstić information content (AvgIpc) is 3.42. The van der Waals surface area contributed by atoms with Gasteiger partial charge in [-0.25, -0.2) is 14.8 Å². The predicted molar refractivity (Wildman–Crippen MR) is 120 cm³/mol. The van der Waals surface area contributed by atoms with Crippen molar-refractivity contribution >= 4 is 11.2 Å². The van der Waals surface area contributed by atoms with Crippen molar-refractivity contribution in [1.82, 2.24) is 23.7 Å². The molecule has 0 saturated heterocycles. The Kier molecular flexibility index (Phi) is 6.36. The van der Waals surface area contributed by atoms with E-state index in [1.807, 2.05) is 44.2 Å². The van der Waals surface area contributed by atoms with Gasteiger partial charge < -0.3 is 14.1 Å². The second kappa shape index (κ2) is 9.35. The Labute approximate surface area is 184 Å². The molecule has 3 heterocycles. The van der Waals surface area contributed by atoms with Crippen molar-refractivity contribution in [1.29, 1.82) is 0 Å². The summed E-state index contributed by atoms with van der Waals surface area (Å²) in [5.74, 6) is 0.814. The van der Waals surface area contributed by atoms with Crippen molar-refractivity contribution in [3.8, 4) is 11.5 Å². The molecule has 0 aliphatic rings. The highest BCUT2D eigenvalue weighted by atomic mass is 16.3. The van der Waals surface area contributed by atoms with Crippen molar-refractivity contribution in [2.45, 2.75) is 59.4 Å². The Hall–Kier alpha value is -3.46. The normalized spacial score (nSPS) is 11.5. The van der Waals surface area contributed by atoms with Gasteiger partial charge in [-0.2, -0.15) is 0 Å². The molecular weight excluding hydrogens is 410 g/mol. The van der Waals surface area contributed by atoms with Gasteiger partial charge in [-0.05, 0) is 25.0 Å². The van der Waals surface area contributed by atoms with Gasteiger partial charge in [-0.3, -0.25) is 13.9 Å². The maximum Gasteiger partial charge on any atom is 0.333 e. The lowest BCUT2D eigenvalue weighted by molar-refractivity contribution is 0.265. The van der Waals surface area contributed by atoms with E-state index in [0.29, 0.717) is 41.7 Å². The summed E-state index contributed by atoms with van der Waals surface area (Å²) in [5.41, 5.74) is 1.07. The molecule has 0 aliphatic heterocycles. The molecule has 168 valence electrons. The van der Waals surface area contributed by atoms with Crippen LogP contribution in [0.3, 0.4) is 0 Å². The number of imidazole rings is 1. The highest BCUT2D eigenvalue weighted by molar-refractivity contribution is 5.71. The molecule has 4 aromatic rings. The molecule has 0 atom stereocenters. The van der Waals surface area contributed by atoms with Gasteiger partial charge in [0, 0.05) is 18.7 Å². The van der Waals surface area contributed by atoms with E-state index in [1.54, 1.807) is 4.57 Å². The van der Waals surface area contributed by atoms with Gasteiger partial charge in [0.05, 0.1) is 12.2 Å². The number of oxazole rings is 1. The first kappa shape index (κ1) is 21.8. The molecule has 4 rings (SSSR count). The van der Waals surface area contributed by atoms with Crippen LogP contribution in [0.1, 0.15) is 44.6 Å². The van der Waals surface area contributed by atoms with Crippen molar-refractivity contribution in [3.05, 3.63) is 69.0 Å². The maximum atomic E-state index is 13.4. The van der Waals surface area contributed by atoms with Crippen molar-refractivity contribution < 1.29 is 9.52 Å². The summed E-state index contributed by atoms with van der Waals surface area (Å²) in [5, 5.41) is 9.79. The van der Waals surface area contributed by atoms with E-state index in [4.69, 9.17) is 4.42 Å². The number of benzene rings is 1. The lowest BCUT2D eigenvalue weighted by Gasteiger charge is -2.11. The minimum atomic E-state index is -0.442. The van der Waals surface area contributed by atoms with Crippen LogP contribution in [0.15, 0.2) is 50.6 Å². The highest BCUT2D eigenvalue weighted by Crippen LogP contribution is 2.18. The Balaban J connectivity index is 1.85. The number of unbranched alkanes of at least 4 members (excludes halogenated alkanes) is 1. The monoisotopic (exact) mass is 437 g/mol. The quantitative estimate of drug-likeness (QED) is 0.431. The maximum absolute atomic E-state index is 13.4. The summed E-state index contributed by atoms with van der Waals surface area (Å²) in [7, 11) is 0. The van der Waals surface area contributed by atoms with Crippen LogP contribution in [-0.4, -0.2) is 28.8 Å². The standard InChI is InChI=1S/C23H27N5O4/c1-3-5-12-27-20-19(26(11-4-2)18(14-29)25-20)22(30)28(23(27)31)13-17-15-32-21(24-17)16-9-7-6-8-10-16/h6-10,15,29H,3-5,11-14H2,1-2H3. The molecule has 0 bridgehead atoms. The third-order valence-corrected chi connectivity index (χ3v) is 5.41. The molecule has 0 radical (unpaired) electrons. The molecule has 1 N–H and O–H groups in total. The zero-order valence-corrected chi connectivity index (χ0v) is 18.3. The van der Waals surface area contributed by atoms with Crippen LogP contribution >= 0.6 is 0 Å². The molecule has 0 amide bonds. The summed E-state index contributed by atoms with van der Waals surface area (Å²) in [4.78, 5) is 35.7. The fourth-order valence-corrected chi connectivity index (χ4v) is 3.83. The Morgan fingerprint density at radius 3 is 2.44 bits per heavy atom. The summed E-state index contributed by atoms with van der Waals surface area (Å²) in [6.07, 6.45) is 3.89. The number of nitrogens with zero attached hydrogens (tertiary/aromatic N) is 5. The summed E-state index contributed by atoms with van der Waals surface area (Å²) < 4.78 is 10.0. The topological polar surface area (TPSA) is 108 Å². The van der Waals surface area contributed by atoms with Gasteiger partial charge in [0.25, 0.3) is 5.56 Å². The molecule has 0 saturated carbocycles. The molecule has 3 aromatic heterocycles. The summed E-state index contributed by atoms with van der Waals surface area (Å²) >= 11 is 0. The SMILES string of the molecule is CCCCn1c(=O)n(Cc2coc(-c3ccccc3)n2)c(=O)c2c1nc(CO)n2CCC. The number of hydrogen-bond donors (Lipinski definition) is 1. The third kappa shape index (κ3) is 3.91. The van der Waals surface area contributed by atoms with E-state index in [2.05, 4.69) is 9.97 Å². The average molecular weight is 438 g/mol. The summed E-state index contributed by atoms with van der Waals surface area (Å²) in [6.45, 7) is 4.66. The second-order valence-corrected chi connectivity index (χ2v) is 7.70. The fourth-order valence-electron chi connectivity index (χ4n) is 3.83. The van der Waals surface area contributed by atoms with Gasteiger partial charge in [0.2, 0.25) is 5.89 Å². The van der Waals surface area contributed by atoms with Crippen LogP contribution in [0, 0.1) is 0 Å². The van der Waals surface area contributed by atoms with Crippen LogP contribution in [0.2, 0.25) is 0 Å². The predicted octanol–water partition coefficient (Wildman–Crippen LogP) is 2.77. The van der Waals surface area contributed by atoms with Gasteiger partial charge in [0.15, 0.2) is 11.2 Å². The molecule has 9 heteroatoms. The van der Waals surface area contributed by atoms with Crippen LogP contribution in [0.4, 0.5) is 0 Å². The molecule has 32 heavy (non-hydrogen) atoms. The summed E-state index contributed by atoms with van der Waals surface area (Å²) in [6, 6.07) is 9.44. The van der Waals surface area contributed by atoms with E-state index < -0.39 is 11.2 Å². The lowest BCUT2D eigenvalue weighted by Crippen LogP contribution is -2.41. The van der Waals surface area contributed by atoms with Crippen molar-refractivity contribution in [3.63, 3.8) is 0 Å². The fraction of sp³-hybridized carbons (Fsp3) is 0.391. The number of aromatic nitrogens is 5. The second-order valence-electron chi connectivity index (χ2n) is 7.70. The van der Waals surface area contributed by atoms with Gasteiger partial charge in [-0.15, -0.1) is 0 Å². The van der Waals surface area contributed by atoms with E-state index >= 15 is 0 Å². The molecular formula is C23H27N5O4. The molecule has 0 spiro atoms. The van der Waals surface area contributed by atoms with E-state index in [-0.39, 0.29) is 13.2 Å². The Morgan fingerprint density at radius 2 is 1.75 bits per heavy atom. The number of aliphatic hydroxyl groups excluding tert-OH is 1. The molecule has 0 aliphatic carbocycles. The largest absolute Gasteiger partial charge is 0.444 e. The number of fused-ring (bicyclic) bond motifs is 1. The number of aliphatic hydroxyl groups is 1. The molecule has 0 unspecified atom stereocenters. The zero-order valence-electron chi connectivity index (χ0n) is 18.3. The van der Waals surface area contributed by atoms with Crippen LogP contribution < -0.4 is 11.2 Å². The first-order valence-electron chi connectivity index (χ1n) is 10.9. The first-order valence-corrected chi connectivity index (χ1v) is 10.9. The first-order chi connectivity index (χ1) is 15.6. The van der Waals surface area contributed by atoms with Crippen LogP contribution in [0.5, 0.6) is 0 Å². The van der Waals surface area contributed by atoms with Crippen molar-refractivity contribution in [2.24, 2.45) is 0 Å². The van der Waals surface area contributed by atoms with E-state index in [9.17, 15) is 14.7 Å². The molecule has 9 nitrogen and oxygen atoms in total. The third-order valence-electron chi connectivity index (χ3n) is 5.41. The van der Waals surface area contributed by atoms with Crippen LogP contribution in [-0.2, 0) is 26.2 Å². The Morgan fingerprint density at radius 1 is 0.969 bits per heavy atom. The van der Waals surface area contributed by atoms with Gasteiger partial charge in [-0.1, -0.05) is 38.5 Å². The smallest absolute Gasteiger partial charge is 0.333 e. The van der Waals surface area contributed by atoms with E-state index in [1.165, 1.54) is 15.4 Å². The van der Waals surface area contributed by atoms with E-state index in [0.717, 1.165) is 24.8 Å². The number of rotatable bonds is 9. The lowest BCUT2D eigenvalue weighted by atomic mass is 10.2. The zero-order chi connectivity index (χ0) is 22.7. The number of hydrogen-bond acceptors (Lipinski definition) is 6. The number of aryl methyl sites for hydroxylation is 2. The minimum absolute atomic E-state index is 0.0121. The van der Waals surface area contributed by atoms with Crippen molar-refractivity contribution in [2.75, 3.05) is 0 Å². The highest BCUT2D eigenvalue weighted by Gasteiger charge is 2.21.